The van der Waals surface area contributed by atoms with Crippen LogP contribution in [0.3, 0.4) is 0 Å². The first-order valence-electron chi connectivity index (χ1n) is 9.84. The number of benzene rings is 2. The van der Waals surface area contributed by atoms with Gasteiger partial charge in [-0.1, -0.05) is 18.2 Å². The smallest absolute Gasteiger partial charge is 0.177 e. The average molecular weight is 404 g/mol. The Morgan fingerprint density at radius 1 is 1.20 bits per heavy atom. The van der Waals surface area contributed by atoms with Crippen LogP contribution in [-0.4, -0.2) is 34.4 Å². The van der Waals surface area contributed by atoms with Crippen molar-refractivity contribution < 1.29 is 9.18 Å². The van der Waals surface area contributed by atoms with E-state index in [4.69, 9.17) is 5.73 Å². The van der Waals surface area contributed by atoms with E-state index < -0.39 is 6.17 Å². The number of anilines is 1. The molecule has 0 bridgehead atoms. The van der Waals surface area contributed by atoms with Crippen LogP contribution in [0, 0.1) is 5.82 Å². The molecule has 2 aromatic carbocycles. The van der Waals surface area contributed by atoms with E-state index in [0.29, 0.717) is 24.6 Å². The molecule has 30 heavy (non-hydrogen) atoms. The summed E-state index contributed by atoms with van der Waals surface area (Å²) in [6, 6.07) is 12.6. The van der Waals surface area contributed by atoms with Crippen molar-refractivity contribution in [3.8, 4) is 0 Å². The molecule has 1 unspecified atom stereocenters. The Hall–Kier alpha value is -3.65. The zero-order valence-corrected chi connectivity index (χ0v) is 16.2. The highest BCUT2D eigenvalue weighted by atomic mass is 19.1. The van der Waals surface area contributed by atoms with Gasteiger partial charge in [-0.15, -0.1) is 0 Å². The second kappa shape index (κ2) is 7.31. The Kier molecular flexibility index (Phi) is 4.48. The van der Waals surface area contributed by atoms with Crippen molar-refractivity contribution in [2.45, 2.75) is 19.1 Å². The number of rotatable bonds is 6. The zero-order valence-electron chi connectivity index (χ0n) is 16.2. The molecular formula is C22H21FN6O. The molecule has 7 nitrogen and oxygen atoms in total. The normalized spacial score (nSPS) is 16.3. The van der Waals surface area contributed by atoms with E-state index in [1.807, 2.05) is 46.1 Å². The predicted octanol–water partition coefficient (Wildman–Crippen LogP) is 2.91. The first-order valence-corrected chi connectivity index (χ1v) is 9.84. The minimum atomic E-state index is -0.689. The maximum absolute atomic E-state index is 14.2. The number of nitrogens with two attached hydrogens (primary N) is 1. The molecule has 0 aliphatic carbocycles. The number of carbonyl (C=O) groups is 1. The molecule has 0 spiro atoms. The second-order valence-corrected chi connectivity index (χ2v) is 7.27. The molecule has 2 aromatic heterocycles. The van der Waals surface area contributed by atoms with Gasteiger partial charge in [0.2, 0.25) is 0 Å². The average Bonchev–Trinajstić information content (AvgIpc) is 3.46. The maximum atomic E-state index is 14.2. The molecule has 1 atom stereocenters. The SMILES string of the molecule is NCCCn1cc(N2C(c3c[nH]c4ccccc34)=NNC2C=O)c2cc(F)ccc21. The van der Waals surface area contributed by atoms with Crippen molar-refractivity contribution in [1.82, 2.24) is 15.0 Å². The fourth-order valence-corrected chi connectivity index (χ4v) is 4.06. The molecule has 152 valence electrons. The van der Waals surface area contributed by atoms with Gasteiger partial charge >= 0.3 is 0 Å². The highest BCUT2D eigenvalue weighted by Gasteiger charge is 2.33. The third-order valence-corrected chi connectivity index (χ3v) is 5.45. The second-order valence-electron chi connectivity index (χ2n) is 7.27. The van der Waals surface area contributed by atoms with Crippen molar-refractivity contribution in [3.05, 3.63) is 66.2 Å². The van der Waals surface area contributed by atoms with Crippen LogP contribution in [-0.2, 0) is 11.3 Å². The number of hydrogen-bond donors (Lipinski definition) is 3. The topological polar surface area (TPSA) is 91.4 Å². The summed E-state index contributed by atoms with van der Waals surface area (Å²) in [6.07, 6.45) is 4.71. The van der Waals surface area contributed by atoms with Gasteiger partial charge in [0.1, 0.15) is 5.82 Å². The number of hydrazone groups is 1. The minimum Gasteiger partial charge on any atom is -0.360 e. The van der Waals surface area contributed by atoms with Crippen LogP contribution in [0.1, 0.15) is 12.0 Å². The van der Waals surface area contributed by atoms with Crippen LogP contribution in [0.2, 0.25) is 0 Å². The summed E-state index contributed by atoms with van der Waals surface area (Å²) in [5.74, 6) is 0.271. The number of aryl methyl sites for hydroxylation is 1. The lowest BCUT2D eigenvalue weighted by Gasteiger charge is -2.23. The number of nitrogens with one attached hydrogen (secondary N) is 2. The van der Waals surface area contributed by atoms with Crippen LogP contribution in [0.4, 0.5) is 10.1 Å². The van der Waals surface area contributed by atoms with Gasteiger partial charge in [-0.2, -0.15) is 5.10 Å². The number of aromatic nitrogens is 2. The highest BCUT2D eigenvalue weighted by Crippen LogP contribution is 2.34. The number of fused-ring (bicyclic) bond motifs is 2. The number of aldehydes is 1. The van der Waals surface area contributed by atoms with Crippen molar-refractivity contribution in [2.75, 3.05) is 11.4 Å². The number of para-hydroxylation sites is 1. The molecule has 4 aromatic rings. The van der Waals surface area contributed by atoms with Crippen LogP contribution >= 0.6 is 0 Å². The minimum absolute atomic E-state index is 0.333. The summed E-state index contributed by atoms with van der Waals surface area (Å²) in [5, 5.41) is 6.17. The van der Waals surface area contributed by atoms with Gasteiger partial charge in [-0.3, -0.25) is 15.1 Å². The van der Waals surface area contributed by atoms with E-state index in [2.05, 4.69) is 15.5 Å². The highest BCUT2D eigenvalue weighted by molar-refractivity contribution is 6.21. The van der Waals surface area contributed by atoms with Gasteiger partial charge in [0.15, 0.2) is 18.3 Å². The monoisotopic (exact) mass is 404 g/mol. The van der Waals surface area contributed by atoms with Crippen LogP contribution in [0.15, 0.2) is 60.0 Å². The molecular weight excluding hydrogens is 383 g/mol. The molecule has 4 N–H and O–H groups in total. The Morgan fingerprint density at radius 3 is 2.90 bits per heavy atom. The predicted molar refractivity (Wildman–Crippen MR) is 116 cm³/mol. The summed E-state index contributed by atoms with van der Waals surface area (Å²) < 4.78 is 16.2. The summed E-state index contributed by atoms with van der Waals surface area (Å²) in [4.78, 5) is 16.9. The molecule has 5 rings (SSSR count). The standard InChI is InChI=1S/C22H21FN6O/c23-14-6-7-19-16(10-14)20(12-28(19)9-3-8-24)29-21(13-30)26-27-22(29)17-11-25-18-5-2-1-4-15(17)18/h1-2,4-7,10-13,21,25-26H,3,8-9,24H2. The number of H-pyrrole nitrogens is 1. The number of halogens is 1. The molecule has 0 amide bonds. The number of amidine groups is 1. The van der Waals surface area contributed by atoms with Crippen molar-refractivity contribution in [3.63, 3.8) is 0 Å². The summed E-state index contributed by atoms with van der Waals surface area (Å²) >= 11 is 0. The van der Waals surface area contributed by atoms with Gasteiger partial charge in [0, 0.05) is 40.8 Å². The van der Waals surface area contributed by atoms with Gasteiger partial charge < -0.3 is 15.3 Å². The third kappa shape index (κ3) is 2.84. The first kappa shape index (κ1) is 18.4. The molecule has 0 saturated heterocycles. The lowest BCUT2D eigenvalue weighted by molar-refractivity contribution is -0.109. The lowest BCUT2D eigenvalue weighted by atomic mass is 10.1. The van der Waals surface area contributed by atoms with Crippen LogP contribution < -0.4 is 16.1 Å². The van der Waals surface area contributed by atoms with Crippen LogP contribution in [0.25, 0.3) is 21.8 Å². The van der Waals surface area contributed by atoms with E-state index in [-0.39, 0.29) is 5.82 Å². The van der Waals surface area contributed by atoms with Gasteiger partial charge in [-0.05, 0) is 37.2 Å². The Bertz CT molecular complexity index is 1270. The molecule has 1 aliphatic heterocycles. The quantitative estimate of drug-likeness (QED) is 0.431. The van der Waals surface area contributed by atoms with Crippen molar-refractivity contribution >= 4 is 39.6 Å². The largest absolute Gasteiger partial charge is 0.360 e. The number of nitrogens with zero attached hydrogens (tertiary/aromatic N) is 3. The zero-order chi connectivity index (χ0) is 20.7. The maximum Gasteiger partial charge on any atom is 0.177 e. The fraction of sp³-hybridized carbons (Fsp3) is 0.182. The van der Waals surface area contributed by atoms with Gasteiger partial charge in [0.05, 0.1) is 11.2 Å². The summed E-state index contributed by atoms with van der Waals surface area (Å²) in [5.41, 5.74) is 12.0. The van der Waals surface area contributed by atoms with Gasteiger partial charge in [0.25, 0.3) is 0 Å². The lowest BCUT2D eigenvalue weighted by Crippen LogP contribution is -2.41. The van der Waals surface area contributed by atoms with Crippen LogP contribution in [0.5, 0.6) is 0 Å². The molecule has 3 heterocycles. The number of carbonyl (C=O) groups excluding carboxylic acids is 1. The summed E-state index contributed by atoms with van der Waals surface area (Å²) in [6.45, 7) is 1.26. The summed E-state index contributed by atoms with van der Waals surface area (Å²) in [7, 11) is 0. The third-order valence-electron chi connectivity index (χ3n) is 5.45. The van der Waals surface area contributed by atoms with E-state index in [1.54, 1.807) is 6.07 Å². The molecule has 0 fully saturated rings. The molecule has 8 heteroatoms. The Morgan fingerprint density at radius 2 is 2.07 bits per heavy atom. The Balaban J connectivity index is 1.68. The van der Waals surface area contributed by atoms with E-state index in [1.165, 1.54) is 12.1 Å². The molecule has 0 saturated carbocycles. The van der Waals surface area contributed by atoms with Crippen molar-refractivity contribution in [2.24, 2.45) is 10.8 Å². The number of hydrogen-bond acceptors (Lipinski definition) is 5. The number of aromatic amines is 1. The molecule has 0 radical (unpaired) electrons. The van der Waals surface area contributed by atoms with Gasteiger partial charge in [-0.25, -0.2) is 4.39 Å². The molecule has 1 aliphatic rings. The van der Waals surface area contributed by atoms with E-state index >= 15 is 0 Å². The first-order chi connectivity index (χ1) is 14.7. The van der Waals surface area contributed by atoms with Crippen molar-refractivity contribution in [1.29, 1.82) is 0 Å². The van der Waals surface area contributed by atoms with E-state index in [9.17, 15) is 9.18 Å². The fourth-order valence-electron chi connectivity index (χ4n) is 4.06. The van der Waals surface area contributed by atoms with E-state index in [0.717, 1.165) is 40.1 Å². The Labute approximate surface area is 172 Å².